The molecule has 6 heteroatoms. The molecule has 1 atom stereocenters. The zero-order valence-corrected chi connectivity index (χ0v) is 14.7. The highest BCUT2D eigenvalue weighted by molar-refractivity contribution is 5.75. The van der Waals surface area contributed by atoms with Gasteiger partial charge in [0.15, 0.2) is 5.82 Å². The summed E-state index contributed by atoms with van der Waals surface area (Å²) in [4.78, 5) is 32.0. The number of hydrogen-bond donors (Lipinski definition) is 0. The van der Waals surface area contributed by atoms with E-state index in [9.17, 15) is 9.59 Å². The Morgan fingerprint density at radius 3 is 2.42 bits per heavy atom. The first-order valence-electron chi connectivity index (χ1n) is 8.08. The van der Waals surface area contributed by atoms with Gasteiger partial charge in [-0.3, -0.25) is 9.59 Å². The monoisotopic (exact) mass is 332 g/mol. The van der Waals surface area contributed by atoms with Gasteiger partial charge in [-0.15, -0.1) is 0 Å². The quantitative estimate of drug-likeness (QED) is 0.789. The Morgan fingerprint density at radius 1 is 1.25 bits per heavy atom. The molecule has 0 N–H and O–H groups in total. The minimum absolute atomic E-state index is 0.105. The van der Waals surface area contributed by atoms with Crippen LogP contribution in [0.25, 0.3) is 5.57 Å². The van der Waals surface area contributed by atoms with Crippen LogP contribution in [0.1, 0.15) is 51.4 Å². The van der Waals surface area contributed by atoms with Crippen LogP contribution in [0, 0.1) is 5.92 Å². The van der Waals surface area contributed by atoms with Gasteiger partial charge in [-0.25, -0.2) is 9.97 Å². The average Bonchev–Trinajstić information content (AvgIpc) is 2.54. The number of hydrogen-bond acceptors (Lipinski definition) is 6. The molecule has 1 aromatic heterocycles. The minimum Gasteiger partial charge on any atom is -0.469 e. The summed E-state index contributed by atoms with van der Waals surface area (Å²) in [6.45, 7) is 5.62. The Morgan fingerprint density at radius 2 is 1.92 bits per heavy atom. The van der Waals surface area contributed by atoms with Gasteiger partial charge in [0.2, 0.25) is 0 Å². The van der Waals surface area contributed by atoms with Crippen LogP contribution in [0.2, 0.25) is 0 Å². The van der Waals surface area contributed by atoms with Crippen LogP contribution in [0.15, 0.2) is 18.5 Å². The SMILES string of the molecule is COC(=O)Cc1cnc(C2=CCC(C(=O)OC(C)(C)C)CC2)nc1. The van der Waals surface area contributed by atoms with Crippen LogP contribution >= 0.6 is 0 Å². The fourth-order valence-electron chi connectivity index (χ4n) is 2.49. The zero-order valence-electron chi connectivity index (χ0n) is 14.7. The third kappa shape index (κ3) is 5.15. The summed E-state index contributed by atoms with van der Waals surface area (Å²) in [5.41, 5.74) is 1.28. The van der Waals surface area contributed by atoms with Crippen LogP contribution in [-0.4, -0.2) is 34.6 Å². The number of aromatic nitrogens is 2. The van der Waals surface area contributed by atoms with E-state index in [-0.39, 0.29) is 24.3 Å². The molecule has 0 radical (unpaired) electrons. The fourth-order valence-corrected chi connectivity index (χ4v) is 2.49. The first kappa shape index (κ1) is 18.1. The van der Waals surface area contributed by atoms with Crippen LogP contribution < -0.4 is 0 Å². The molecule has 0 spiro atoms. The van der Waals surface area contributed by atoms with Gasteiger partial charge < -0.3 is 9.47 Å². The maximum absolute atomic E-state index is 12.1. The van der Waals surface area contributed by atoms with E-state index in [1.165, 1.54) is 7.11 Å². The van der Waals surface area contributed by atoms with Gasteiger partial charge in [-0.2, -0.15) is 0 Å². The first-order valence-corrected chi connectivity index (χ1v) is 8.08. The lowest BCUT2D eigenvalue weighted by Crippen LogP contribution is -2.29. The third-order valence-corrected chi connectivity index (χ3v) is 3.72. The molecular weight excluding hydrogens is 308 g/mol. The summed E-state index contributed by atoms with van der Waals surface area (Å²) in [7, 11) is 1.35. The van der Waals surface area contributed by atoms with Crippen molar-refractivity contribution in [2.45, 2.75) is 52.1 Å². The van der Waals surface area contributed by atoms with Gasteiger partial charge >= 0.3 is 11.9 Å². The Hall–Kier alpha value is -2.24. The maximum Gasteiger partial charge on any atom is 0.310 e. The minimum atomic E-state index is -0.459. The van der Waals surface area contributed by atoms with Crippen molar-refractivity contribution in [1.29, 1.82) is 0 Å². The van der Waals surface area contributed by atoms with Gasteiger partial charge in [0.05, 0.1) is 19.4 Å². The molecule has 1 unspecified atom stereocenters. The molecule has 0 fully saturated rings. The predicted octanol–water partition coefficient (Wildman–Crippen LogP) is 2.72. The molecule has 24 heavy (non-hydrogen) atoms. The summed E-state index contributed by atoms with van der Waals surface area (Å²) in [6.07, 6.45) is 7.55. The van der Waals surface area contributed by atoms with E-state index < -0.39 is 5.60 Å². The normalized spacial score (nSPS) is 17.8. The molecule has 0 aliphatic heterocycles. The summed E-state index contributed by atoms with van der Waals surface area (Å²) in [6, 6.07) is 0. The van der Waals surface area contributed by atoms with Crippen molar-refractivity contribution in [2.24, 2.45) is 5.92 Å². The van der Waals surface area contributed by atoms with Crippen molar-refractivity contribution in [3.8, 4) is 0 Å². The molecule has 0 saturated heterocycles. The van der Waals surface area contributed by atoms with Crippen LogP contribution in [0.4, 0.5) is 0 Å². The molecule has 0 aromatic carbocycles. The number of ether oxygens (including phenoxy) is 2. The summed E-state index contributed by atoms with van der Waals surface area (Å²) >= 11 is 0. The van der Waals surface area contributed by atoms with Gasteiger partial charge in [0.25, 0.3) is 0 Å². The summed E-state index contributed by atoms with van der Waals surface area (Å²) < 4.78 is 10.1. The number of esters is 2. The lowest BCUT2D eigenvalue weighted by molar-refractivity contribution is -0.160. The molecule has 1 aliphatic carbocycles. The lowest BCUT2D eigenvalue weighted by atomic mass is 9.89. The van der Waals surface area contributed by atoms with Crippen molar-refractivity contribution in [2.75, 3.05) is 7.11 Å². The summed E-state index contributed by atoms with van der Waals surface area (Å²) in [5.74, 6) is 0.0772. The molecule has 1 aromatic rings. The van der Waals surface area contributed by atoms with E-state index in [0.29, 0.717) is 17.8 Å². The van der Waals surface area contributed by atoms with Crippen LogP contribution in [0.5, 0.6) is 0 Å². The fraction of sp³-hybridized carbons (Fsp3) is 0.556. The smallest absolute Gasteiger partial charge is 0.310 e. The average molecular weight is 332 g/mol. The Kier molecular flexibility index (Phi) is 5.70. The van der Waals surface area contributed by atoms with Gasteiger partial charge in [-0.1, -0.05) is 6.08 Å². The second kappa shape index (κ2) is 7.55. The van der Waals surface area contributed by atoms with Crippen molar-refractivity contribution < 1.29 is 19.1 Å². The Balaban J connectivity index is 1.97. The van der Waals surface area contributed by atoms with E-state index in [4.69, 9.17) is 4.74 Å². The molecule has 6 nitrogen and oxygen atoms in total. The lowest BCUT2D eigenvalue weighted by Gasteiger charge is -2.25. The first-order chi connectivity index (χ1) is 11.3. The molecule has 0 saturated carbocycles. The van der Waals surface area contributed by atoms with Gasteiger partial charge in [0, 0.05) is 12.4 Å². The number of rotatable bonds is 4. The van der Waals surface area contributed by atoms with Crippen molar-refractivity contribution in [3.63, 3.8) is 0 Å². The number of allylic oxidation sites excluding steroid dienone is 2. The van der Waals surface area contributed by atoms with Crippen molar-refractivity contribution >= 4 is 17.5 Å². The molecule has 130 valence electrons. The third-order valence-electron chi connectivity index (χ3n) is 3.72. The molecule has 2 rings (SSSR count). The summed E-state index contributed by atoms with van der Waals surface area (Å²) in [5, 5.41) is 0. The predicted molar refractivity (Wildman–Crippen MR) is 88.9 cm³/mol. The number of nitrogens with zero attached hydrogens (tertiary/aromatic N) is 2. The van der Waals surface area contributed by atoms with Crippen LogP contribution in [0.3, 0.4) is 0 Å². The highest BCUT2D eigenvalue weighted by Gasteiger charge is 2.27. The van der Waals surface area contributed by atoms with E-state index in [2.05, 4.69) is 14.7 Å². The highest BCUT2D eigenvalue weighted by atomic mass is 16.6. The van der Waals surface area contributed by atoms with Gasteiger partial charge in [0.1, 0.15) is 5.60 Å². The van der Waals surface area contributed by atoms with Crippen LogP contribution in [-0.2, 0) is 25.5 Å². The number of carbonyl (C=O) groups is 2. The van der Waals surface area contributed by atoms with E-state index in [1.54, 1.807) is 12.4 Å². The molecular formula is C18H24N2O4. The highest BCUT2D eigenvalue weighted by Crippen LogP contribution is 2.30. The van der Waals surface area contributed by atoms with E-state index in [0.717, 1.165) is 18.4 Å². The molecule has 0 amide bonds. The second-order valence-corrected chi connectivity index (χ2v) is 6.90. The van der Waals surface area contributed by atoms with Crippen molar-refractivity contribution in [1.82, 2.24) is 9.97 Å². The van der Waals surface area contributed by atoms with E-state index in [1.807, 2.05) is 26.8 Å². The van der Waals surface area contributed by atoms with Gasteiger partial charge in [-0.05, 0) is 51.2 Å². The largest absolute Gasteiger partial charge is 0.469 e. The number of methoxy groups -OCH3 is 1. The standard InChI is InChI=1S/C18H24N2O4/c1-18(2,3)24-17(22)14-7-5-13(6-8-14)16-19-10-12(11-20-16)9-15(21)23-4/h5,10-11,14H,6-9H2,1-4H3. The molecule has 1 heterocycles. The van der Waals surface area contributed by atoms with E-state index >= 15 is 0 Å². The topological polar surface area (TPSA) is 78.4 Å². The van der Waals surface area contributed by atoms with Crippen molar-refractivity contribution in [3.05, 3.63) is 29.9 Å². The Labute approximate surface area is 142 Å². The molecule has 1 aliphatic rings. The molecule has 0 bridgehead atoms. The Bertz CT molecular complexity index is 629. The second-order valence-electron chi connectivity index (χ2n) is 6.90. The zero-order chi connectivity index (χ0) is 17.7. The number of carbonyl (C=O) groups excluding carboxylic acids is 2. The maximum atomic E-state index is 12.1.